The van der Waals surface area contributed by atoms with Crippen LogP contribution in [0.2, 0.25) is 0 Å². The van der Waals surface area contributed by atoms with Crippen LogP contribution in [0.5, 0.6) is 0 Å². The number of amides is 1. The lowest BCUT2D eigenvalue weighted by Gasteiger charge is -2.32. The number of nitrogens with one attached hydrogen (secondary N) is 1. The Morgan fingerprint density at radius 1 is 1.24 bits per heavy atom. The van der Waals surface area contributed by atoms with Gasteiger partial charge in [0.1, 0.15) is 5.82 Å². The number of benzene rings is 1. The molecule has 2 heterocycles. The van der Waals surface area contributed by atoms with Gasteiger partial charge in [-0.1, -0.05) is 6.92 Å². The van der Waals surface area contributed by atoms with E-state index >= 15 is 0 Å². The molecule has 1 saturated heterocycles. The smallest absolute Gasteiger partial charge is 0.269 e. The molecular weight excluding hydrogens is 422 g/mol. The minimum Gasteiger partial charge on any atom is -0.379 e. The van der Waals surface area contributed by atoms with Gasteiger partial charge in [-0.3, -0.25) is 14.9 Å². The number of carbonyl (C=O) groups is 1. The van der Waals surface area contributed by atoms with Gasteiger partial charge in [-0.05, 0) is 51.7 Å². The predicted molar refractivity (Wildman–Crippen MR) is 127 cm³/mol. The Balaban J connectivity index is 1.60. The zero-order valence-electron chi connectivity index (χ0n) is 19.6. The van der Waals surface area contributed by atoms with Gasteiger partial charge < -0.3 is 15.0 Å². The van der Waals surface area contributed by atoms with E-state index in [2.05, 4.69) is 15.2 Å². The van der Waals surface area contributed by atoms with Gasteiger partial charge >= 0.3 is 0 Å². The summed E-state index contributed by atoms with van der Waals surface area (Å²) in [6, 6.07) is 8.29. The van der Waals surface area contributed by atoms with Gasteiger partial charge in [-0.25, -0.2) is 9.97 Å². The van der Waals surface area contributed by atoms with Gasteiger partial charge in [0.05, 0.1) is 11.0 Å². The Kier molecular flexibility index (Phi) is 8.71. The third kappa shape index (κ3) is 6.95. The molecule has 178 valence electrons. The number of carbonyl (C=O) groups excluding carboxylic acids is 1. The minimum atomic E-state index is -0.418. The van der Waals surface area contributed by atoms with Gasteiger partial charge in [-0.2, -0.15) is 0 Å². The molecule has 2 aromatic rings. The van der Waals surface area contributed by atoms with Gasteiger partial charge in [0, 0.05) is 61.6 Å². The first kappa shape index (κ1) is 24.6. The molecule has 0 spiro atoms. The zero-order valence-corrected chi connectivity index (χ0v) is 19.6. The summed E-state index contributed by atoms with van der Waals surface area (Å²) in [6.07, 6.45) is 3.32. The maximum Gasteiger partial charge on any atom is 0.269 e. The number of nitrogens with zero attached hydrogens (tertiary/aromatic N) is 4. The van der Waals surface area contributed by atoms with Gasteiger partial charge in [0.25, 0.3) is 5.69 Å². The van der Waals surface area contributed by atoms with E-state index in [4.69, 9.17) is 9.72 Å². The average molecular weight is 456 g/mol. The minimum absolute atomic E-state index is 0.00823. The van der Waals surface area contributed by atoms with Crippen molar-refractivity contribution in [1.29, 1.82) is 0 Å². The number of aromatic nitrogens is 2. The van der Waals surface area contributed by atoms with Crippen LogP contribution in [-0.4, -0.2) is 53.1 Å². The van der Waals surface area contributed by atoms with E-state index < -0.39 is 4.92 Å². The zero-order chi connectivity index (χ0) is 23.8. The number of piperidine rings is 1. The molecular formula is C24H33N5O4. The molecule has 1 fully saturated rings. The van der Waals surface area contributed by atoms with Crippen LogP contribution >= 0.6 is 0 Å². The standard InChI is InChI=1S/C24H33N5O4/c1-4-20-16-22(27-23(26-20)18-6-8-21(9-7-18)29(31)32)28-13-10-19(11-14-28)24(30)25-12-5-15-33-17(2)3/h6-9,16-17,19H,4-5,10-15H2,1-3H3,(H,25,30). The summed E-state index contributed by atoms with van der Waals surface area (Å²) in [5.74, 6) is 1.51. The van der Waals surface area contributed by atoms with Gasteiger partial charge in [0.2, 0.25) is 5.91 Å². The number of aryl methyl sites for hydroxylation is 1. The SMILES string of the molecule is CCc1cc(N2CCC(C(=O)NCCCOC(C)C)CC2)nc(-c2ccc([N+](=O)[O-])cc2)n1. The molecule has 9 nitrogen and oxygen atoms in total. The van der Waals surface area contributed by atoms with Crippen LogP contribution in [0.3, 0.4) is 0 Å². The van der Waals surface area contributed by atoms with Gasteiger partial charge in [-0.15, -0.1) is 0 Å². The fraction of sp³-hybridized carbons (Fsp3) is 0.542. The lowest BCUT2D eigenvalue weighted by Crippen LogP contribution is -2.41. The summed E-state index contributed by atoms with van der Waals surface area (Å²) in [7, 11) is 0. The van der Waals surface area contributed by atoms with E-state index in [1.165, 1.54) is 12.1 Å². The van der Waals surface area contributed by atoms with Crippen LogP contribution in [0, 0.1) is 16.0 Å². The second kappa shape index (κ2) is 11.7. The van der Waals surface area contributed by atoms with Crippen LogP contribution < -0.4 is 10.2 Å². The summed E-state index contributed by atoms with van der Waals surface area (Å²) >= 11 is 0. The molecule has 0 bridgehead atoms. The van der Waals surface area contributed by atoms with E-state index in [1.807, 2.05) is 26.8 Å². The monoisotopic (exact) mass is 455 g/mol. The highest BCUT2D eigenvalue weighted by molar-refractivity contribution is 5.79. The normalized spacial score (nSPS) is 14.5. The lowest BCUT2D eigenvalue weighted by molar-refractivity contribution is -0.384. The first-order valence-corrected chi connectivity index (χ1v) is 11.6. The molecule has 1 amide bonds. The maximum absolute atomic E-state index is 12.5. The van der Waals surface area contributed by atoms with E-state index in [0.29, 0.717) is 19.0 Å². The summed E-state index contributed by atoms with van der Waals surface area (Å²) < 4.78 is 5.51. The topological polar surface area (TPSA) is 110 Å². The predicted octanol–water partition coefficient (Wildman–Crippen LogP) is 3.76. The molecule has 0 saturated carbocycles. The number of nitro benzene ring substituents is 1. The molecule has 33 heavy (non-hydrogen) atoms. The van der Waals surface area contributed by atoms with Crippen molar-refractivity contribution in [2.24, 2.45) is 5.92 Å². The molecule has 0 radical (unpaired) electrons. The Hall–Kier alpha value is -3.07. The number of anilines is 1. The van der Waals surface area contributed by atoms with Crippen LogP contribution in [0.15, 0.2) is 30.3 Å². The number of hydrogen-bond donors (Lipinski definition) is 1. The number of rotatable bonds is 10. The molecule has 1 aromatic carbocycles. The average Bonchev–Trinajstić information content (AvgIpc) is 2.83. The molecule has 3 rings (SSSR count). The second-order valence-electron chi connectivity index (χ2n) is 8.52. The van der Waals surface area contributed by atoms with Crippen LogP contribution in [0.4, 0.5) is 11.5 Å². The molecule has 1 aliphatic heterocycles. The Morgan fingerprint density at radius 2 is 1.94 bits per heavy atom. The second-order valence-corrected chi connectivity index (χ2v) is 8.52. The van der Waals surface area contributed by atoms with Crippen LogP contribution in [0.1, 0.15) is 45.7 Å². The first-order valence-electron chi connectivity index (χ1n) is 11.6. The molecule has 1 aromatic heterocycles. The largest absolute Gasteiger partial charge is 0.379 e. The van der Waals surface area contributed by atoms with Crippen molar-refractivity contribution in [2.45, 2.75) is 52.6 Å². The summed E-state index contributed by atoms with van der Waals surface area (Å²) in [5, 5.41) is 14.0. The van der Waals surface area contributed by atoms with Crippen molar-refractivity contribution in [3.05, 3.63) is 46.1 Å². The fourth-order valence-electron chi connectivity index (χ4n) is 3.81. The molecule has 1 aliphatic rings. The van der Waals surface area contributed by atoms with E-state index in [0.717, 1.165) is 55.8 Å². The quantitative estimate of drug-likeness (QED) is 0.330. The Labute approximate surface area is 194 Å². The number of non-ortho nitro benzene ring substituents is 1. The van der Waals surface area contributed by atoms with E-state index in [1.54, 1.807) is 12.1 Å². The lowest BCUT2D eigenvalue weighted by atomic mass is 9.96. The van der Waals surface area contributed by atoms with Crippen LogP contribution in [0.25, 0.3) is 11.4 Å². The number of hydrogen-bond acceptors (Lipinski definition) is 7. The van der Waals surface area contributed by atoms with Crippen molar-refractivity contribution in [3.8, 4) is 11.4 Å². The summed E-state index contributed by atoms with van der Waals surface area (Å²) in [6.45, 7) is 8.82. The highest BCUT2D eigenvalue weighted by Crippen LogP contribution is 2.26. The van der Waals surface area contributed by atoms with Crippen LogP contribution in [-0.2, 0) is 16.0 Å². The third-order valence-corrected chi connectivity index (χ3v) is 5.73. The molecule has 9 heteroatoms. The summed E-state index contributed by atoms with van der Waals surface area (Å²) in [4.78, 5) is 34.6. The number of nitro groups is 1. The summed E-state index contributed by atoms with van der Waals surface area (Å²) in [5.41, 5.74) is 1.70. The third-order valence-electron chi connectivity index (χ3n) is 5.73. The Bertz CT molecular complexity index is 940. The molecule has 1 N–H and O–H groups in total. The molecule has 0 atom stereocenters. The van der Waals surface area contributed by atoms with Crippen molar-refractivity contribution >= 4 is 17.4 Å². The molecule has 0 unspecified atom stereocenters. The molecule has 0 aliphatic carbocycles. The van der Waals surface area contributed by atoms with Gasteiger partial charge in [0.15, 0.2) is 5.82 Å². The van der Waals surface area contributed by atoms with Crippen molar-refractivity contribution in [1.82, 2.24) is 15.3 Å². The highest BCUT2D eigenvalue weighted by atomic mass is 16.6. The first-order chi connectivity index (χ1) is 15.9. The van der Waals surface area contributed by atoms with E-state index in [9.17, 15) is 14.9 Å². The Morgan fingerprint density at radius 3 is 2.55 bits per heavy atom. The maximum atomic E-state index is 12.5. The number of ether oxygens (including phenoxy) is 1. The van der Waals surface area contributed by atoms with Crippen molar-refractivity contribution in [2.75, 3.05) is 31.1 Å². The highest BCUT2D eigenvalue weighted by Gasteiger charge is 2.26. The van der Waals surface area contributed by atoms with Crippen molar-refractivity contribution < 1.29 is 14.5 Å². The van der Waals surface area contributed by atoms with Crippen molar-refractivity contribution in [3.63, 3.8) is 0 Å². The fourth-order valence-corrected chi connectivity index (χ4v) is 3.81. The van der Waals surface area contributed by atoms with E-state index in [-0.39, 0.29) is 23.6 Å².